The highest BCUT2D eigenvalue weighted by Crippen LogP contribution is 2.12. The molecule has 124 valence electrons. The third kappa shape index (κ3) is 3.52. The van der Waals surface area contributed by atoms with Gasteiger partial charge < -0.3 is 19.9 Å². The van der Waals surface area contributed by atoms with E-state index in [9.17, 15) is 9.59 Å². The average molecular weight is 326 g/mol. The van der Waals surface area contributed by atoms with Gasteiger partial charge in [-0.2, -0.15) is 0 Å². The zero-order valence-electron chi connectivity index (χ0n) is 13.0. The summed E-state index contributed by atoms with van der Waals surface area (Å²) < 4.78 is 7.10. The number of imidazole rings is 1. The van der Waals surface area contributed by atoms with Gasteiger partial charge in [0.05, 0.1) is 19.5 Å². The van der Waals surface area contributed by atoms with Crippen LogP contribution in [0.2, 0.25) is 0 Å². The molecule has 7 heteroatoms. The lowest BCUT2D eigenvalue weighted by Crippen LogP contribution is -2.54. The van der Waals surface area contributed by atoms with Crippen molar-refractivity contribution in [2.45, 2.75) is 6.04 Å². The van der Waals surface area contributed by atoms with Crippen molar-refractivity contribution >= 4 is 17.9 Å². The minimum Gasteiger partial charge on any atom is -0.377 e. The van der Waals surface area contributed by atoms with E-state index in [0.717, 1.165) is 11.3 Å². The molecule has 3 rings (SSSR count). The first-order valence-corrected chi connectivity index (χ1v) is 7.59. The van der Waals surface area contributed by atoms with Crippen molar-refractivity contribution in [3.63, 3.8) is 0 Å². The zero-order chi connectivity index (χ0) is 16.9. The Hall–Kier alpha value is -2.93. The quantitative estimate of drug-likeness (QED) is 0.833. The monoisotopic (exact) mass is 326 g/mol. The number of nitrogens with zero attached hydrogens (tertiary/aromatic N) is 3. The van der Waals surface area contributed by atoms with Gasteiger partial charge in [0.25, 0.3) is 0 Å². The van der Waals surface area contributed by atoms with E-state index in [2.05, 4.69) is 4.98 Å². The second-order valence-corrected chi connectivity index (χ2v) is 5.42. The highest BCUT2D eigenvalue weighted by atomic mass is 16.5. The van der Waals surface area contributed by atoms with Crippen LogP contribution in [0.4, 0.5) is 0 Å². The van der Waals surface area contributed by atoms with Crippen LogP contribution in [0, 0.1) is 0 Å². The first kappa shape index (κ1) is 15.9. The van der Waals surface area contributed by atoms with Crippen molar-refractivity contribution in [1.82, 2.24) is 14.5 Å². The first-order valence-electron chi connectivity index (χ1n) is 7.59. The molecule has 1 saturated heterocycles. The van der Waals surface area contributed by atoms with Gasteiger partial charge in [-0.25, -0.2) is 4.98 Å². The highest BCUT2D eigenvalue weighted by molar-refractivity contribution is 5.95. The van der Waals surface area contributed by atoms with Crippen LogP contribution in [0.5, 0.6) is 0 Å². The molecule has 0 spiro atoms. The Morgan fingerprint density at radius 3 is 2.75 bits per heavy atom. The molecular formula is C17H18N4O3. The Morgan fingerprint density at radius 1 is 1.29 bits per heavy atom. The number of carbonyl (C=O) groups excluding carboxylic acids is 2. The third-order valence-electron chi connectivity index (χ3n) is 3.85. The largest absolute Gasteiger partial charge is 0.377 e. The Kier molecular flexibility index (Phi) is 4.72. The molecule has 1 aliphatic rings. The van der Waals surface area contributed by atoms with Crippen molar-refractivity contribution in [3.8, 4) is 5.69 Å². The molecule has 1 aliphatic heterocycles. The van der Waals surface area contributed by atoms with Crippen LogP contribution < -0.4 is 5.73 Å². The van der Waals surface area contributed by atoms with Crippen LogP contribution in [0.25, 0.3) is 11.8 Å². The van der Waals surface area contributed by atoms with Gasteiger partial charge in [0, 0.05) is 30.7 Å². The molecule has 24 heavy (non-hydrogen) atoms. The minimum absolute atomic E-state index is 0.147. The summed E-state index contributed by atoms with van der Waals surface area (Å²) in [6.45, 7) is 0.911. The molecule has 7 nitrogen and oxygen atoms in total. The maximum Gasteiger partial charge on any atom is 0.247 e. The molecule has 2 amide bonds. The van der Waals surface area contributed by atoms with Gasteiger partial charge in [-0.1, -0.05) is 12.1 Å². The summed E-state index contributed by atoms with van der Waals surface area (Å²) in [5.74, 6) is -0.804. The number of benzene rings is 1. The number of carbonyl (C=O) groups is 2. The number of amides is 2. The molecule has 0 saturated carbocycles. The molecule has 0 radical (unpaired) electrons. The molecule has 2 heterocycles. The number of rotatable bonds is 4. The van der Waals surface area contributed by atoms with E-state index in [1.807, 2.05) is 35.0 Å². The topological polar surface area (TPSA) is 90.5 Å². The van der Waals surface area contributed by atoms with Gasteiger partial charge in [0.1, 0.15) is 6.04 Å². The Bertz CT molecular complexity index is 738. The van der Waals surface area contributed by atoms with Crippen molar-refractivity contribution < 1.29 is 14.3 Å². The lowest BCUT2D eigenvalue weighted by atomic mass is 10.1. The molecular weight excluding hydrogens is 308 g/mol. The number of hydrogen-bond acceptors (Lipinski definition) is 4. The zero-order valence-corrected chi connectivity index (χ0v) is 13.0. The smallest absolute Gasteiger partial charge is 0.247 e. The minimum atomic E-state index is -0.709. The summed E-state index contributed by atoms with van der Waals surface area (Å²) in [6, 6.07) is 6.98. The maximum absolute atomic E-state index is 12.3. The van der Waals surface area contributed by atoms with Gasteiger partial charge in [-0.15, -0.1) is 0 Å². The predicted octanol–water partition coefficient (Wildman–Crippen LogP) is 0.598. The lowest BCUT2D eigenvalue weighted by Gasteiger charge is -2.32. The highest BCUT2D eigenvalue weighted by Gasteiger charge is 2.30. The second kappa shape index (κ2) is 7.10. The van der Waals surface area contributed by atoms with E-state index in [0.29, 0.717) is 13.2 Å². The second-order valence-electron chi connectivity index (χ2n) is 5.42. The van der Waals surface area contributed by atoms with Crippen LogP contribution in [-0.2, 0) is 14.3 Å². The fraction of sp³-hybridized carbons (Fsp3) is 0.235. The molecule has 1 unspecified atom stereocenters. The van der Waals surface area contributed by atoms with Crippen LogP contribution in [0.15, 0.2) is 49.1 Å². The Labute approximate surface area is 139 Å². The molecule has 0 aliphatic carbocycles. The third-order valence-corrected chi connectivity index (χ3v) is 3.85. The summed E-state index contributed by atoms with van der Waals surface area (Å²) in [5, 5.41) is 0. The Morgan fingerprint density at radius 2 is 2.08 bits per heavy atom. The Balaban J connectivity index is 1.68. The van der Waals surface area contributed by atoms with Crippen LogP contribution >= 0.6 is 0 Å². The number of ether oxygens (including phenoxy) is 1. The predicted molar refractivity (Wildman–Crippen MR) is 88.1 cm³/mol. The summed E-state index contributed by atoms with van der Waals surface area (Å²) in [6.07, 6.45) is 8.46. The SMILES string of the molecule is NC(=O)C1COCCN1C(=O)/C=C/c1ccc(-n2ccnc2)cc1. The van der Waals surface area contributed by atoms with Gasteiger partial charge in [0.2, 0.25) is 11.8 Å². The normalized spacial score (nSPS) is 18.0. The average Bonchev–Trinajstić information content (AvgIpc) is 3.14. The first-order chi connectivity index (χ1) is 11.6. The molecule has 1 atom stereocenters. The molecule has 2 aromatic rings. The fourth-order valence-corrected chi connectivity index (χ4v) is 2.54. The van der Waals surface area contributed by atoms with Gasteiger partial charge in [0.15, 0.2) is 0 Å². The van der Waals surface area contributed by atoms with E-state index >= 15 is 0 Å². The van der Waals surface area contributed by atoms with Crippen molar-refractivity contribution in [2.75, 3.05) is 19.8 Å². The number of hydrogen-bond donors (Lipinski definition) is 1. The molecule has 2 N–H and O–H groups in total. The summed E-state index contributed by atoms with van der Waals surface area (Å²) >= 11 is 0. The molecule has 0 bridgehead atoms. The lowest BCUT2D eigenvalue weighted by molar-refractivity contribution is -0.143. The molecule has 1 aromatic heterocycles. The maximum atomic E-state index is 12.3. The number of primary amides is 1. The molecule has 1 aromatic carbocycles. The van der Waals surface area contributed by atoms with Gasteiger partial charge >= 0.3 is 0 Å². The van der Waals surface area contributed by atoms with Crippen molar-refractivity contribution in [3.05, 3.63) is 54.6 Å². The van der Waals surface area contributed by atoms with E-state index in [1.54, 1.807) is 18.6 Å². The van der Waals surface area contributed by atoms with Crippen LogP contribution in [0.1, 0.15) is 5.56 Å². The number of morpholine rings is 1. The van der Waals surface area contributed by atoms with Crippen LogP contribution in [-0.4, -0.2) is 52.1 Å². The fourth-order valence-electron chi connectivity index (χ4n) is 2.54. The summed E-state index contributed by atoms with van der Waals surface area (Å²) in [7, 11) is 0. The van der Waals surface area contributed by atoms with Crippen molar-refractivity contribution in [2.24, 2.45) is 5.73 Å². The summed E-state index contributed by atoms with van der Waals surface area (Å²) in [4.78, 5) is 29.2. The standard InChI is InChI=1S/C17H18N4O3/c18-17(23)15-11-24-10-9-21(15)16(22)6-3-13-1-4-14(5-2-13)20-8-7-19-12-20/h1-8,12,15H,9-11H2,(H2,18,23)/b6-3+. The van der Waals surface area contributed by atoms with E-state index in [-0.39, 0.29) is 12.5 Å². The number of aromatic nitrogens is 2. The van der Waals surface area contributed by atoms with Crippen LogP contribution in [0.3, 0.4) is 0 Å². The van der Waals surface area contributed by atoms with E-state index < -0.39 is 11.9 Å². The molecule has 1 fully saturated rings. The van der Waals surface area contributed by atoms with Gasteiger partial charge in [-0.05, 0) is 23.8 Å². The van der Waals surface area contributed by atoms with Gasteiger partial charge in [-0.3, -0.25) is 9.59 Å². The number of nitrogens with two attached hydrogens (primary N) is 1. The van der Waals surface area contributed by atoms with Crippen molar-refractivity contribution in [1.29, 1.82) is 0 Å². The van der Waals surface area contributed by atoms with E-state index in [4.69, 9.17) is 10.5 Å². The van der Waals surface area contributed by atoms with E-state index in [1.165, 1.54) is 11.0 Å². The summed E-state index contributed by atoms with van der Waals surface area (Å²) in [5.41, 5.74) is 7.19.